The van der Waals surface area contributed by atoms with E-state index >= 15 is 0 Å². The van der Waals surface area contributed by atoms with E-state index in [9.17, 15) is 0 Å². The number of pyridine rings is 1. The maximum Gasteiger partial charge on any atom is 0.214 e. The fourth-order valence-corrected chi connectivity index (χ4v) is 1.22. The van der Waals surface area contributed by atoms with Gasteiger partial charge in [0.05, 0.1) is 13.7 Å². The Morgan fingerprint density at radius 2 is 2.25 bits per heavy atom. The third-order valence-electron chi connectivity index (χ3n) is 1.97. The van der Waals surface area contributed by atoms with Gasteiger partial charge in [-0.05, 0) is 12.0 Å². The molecule has 0 radical (unpaired) electrons. The van der Waals surface area contributed by atoms with Crippen molar-refractivity contribution in [3.05, 3.63) is 18.3 Å². The number of nitrogens with zero attached hydrogens (tertiary/aromatic N) is 1. The second-order valence-corrected chi connectivity index (χ2v) is 3.98. The smallest absolute Gasteiger partial charge is 0.214 e. The molecular weight excluding hydrogens is 204 g/mol. The third kappa shape index (κ3) is 4.98. The zero-order valence-corrected chi connectivity index (χ0v) is 10.2. The van der Waals surface area contributed by atoms with Crippen LogP contribution in [0.3, 0.4) is 0 Å². The number of rotatable bonds is 7. The van der Waals surface area contributed by atoms with Gasteiger partial charge in [0.15, 0.2) is 0 Å². The van der Waals surface area contributed by atoms with Crippen molar-refractivity contribution < 1.29 is 9.47 Å². The molecule has 0 amide bonds. The molecule has 0 unspecified atom stereocenters. The molecule has 0 aromatic carbocycles. The zero-order valence-electron chi connectivity index (χ0n) is 10.2. The van der Waals surface area contributed by atoms with Crippen molar-refractivity contribution in [1.82, 2.24) is 4.98 Å². The molecule has 1 rings (SSSR count). The molecule has 0 bridgehead atoms. The Morgan fingerprint density at radius 1 is 1.44 bits per heavy atom. The van der Waals surface area contributed by atoms with E-state index in [4.69, 9.17) is 9.47 Å². The first-order valence-corrected chi connectivity index (χ1v) is 5.54. The monoisotopic (exact) mass is 224 g/mol. The van der Waals surface area contributed by atoms with Gasteiger partial charge in [-0.1, -0.05) is 13.8 Å². The molecule has 0 aliphatic carbocycles. The molecular formula is C12H20N2O2. The van der Waals surface area contributed by atoms with Gasteiger partial charge in [-0.25, -0.2) is 4.98 Å². The summed E-state index contributed by atoms with van der Waals surface area (Å²) in [5.41, 5.74) is 1.000. The van der Waals surface area contributed by atoms with E-state index in [0.717, 1.165) is 18.8 Å². The molecule has 0 aliphatic rings. The Bertz CT molecular complexity index is 303. The SMILES string of the molecule is COc1cc(NCCOCC(C)C)ccn1. The van der Waals surface area contributed by atoms with E-state index < -0.39 is 0 Å². The maximum absolute atomic E-state index is 5.46. The van der Waals surface area contributed by atoms with Crippen molar-refractivity contribution in [1.29, 1.82) is 0 Å². The molecule has 0 aliphatic heterocycles. The Labute approximate surface area is 97.0 Å². The van der Waals surface area contributed by atoms with Crippen LogP contribution in [0.15, 0.2) is 18.3 Å². The molecule has 90 valence electrons. The number of anilines is 1. The summed E-state index contributed by atoms with van der Waals surface area (Å²) < 4.78 is 10.5. The lowest BCUT2D eigenvalue weighted by molar-refractivity contribution is 0.118. The van der Waals surface area contributed by atoms with E-state index in [1.807, 2.05) is 12.1 Å². The molecule has 4 heteroatoms. The molecule has 16 heavy (non-hydrogen) atoms. The lowest BCUT2D eigenvalue weighted by Gasteiger charge is -2.09. The topological polar surface area (TPSA) is 43.4 Å². The number of hydrogen-bond acceptors (Lipinski definition) is 4. The molecule has 1 aromatic heterocycles. The number of aromatic nitrogens is 1. The van der Waals surface area contributed by atoms with Gasteiger partial charge in [-0.2, -0.15) is 0 Å². The van der Waals surface area contributed by atoms with Crippen LogP contribution in [-0.4, -0.2) is 31.9 Å². The lowest BCUT2D eigenvalue weighted by Crippen LogP contribution is -2.12. The standard InChI is InChI=1S/C12H20N2O2/c1-10(2)9-16-7-6-13-11-4-5-14-12(8-11)15-3/h4-5,8,10H,6-7,9H2,1-3H3,(H,13,14). The number of hydrogen-bond donors (Lipinski definition) is 1. The van der Waals surface area contributed by atoms with Gasteiger partial charge < -0.3 is 14.8 Å². The Balaban J connectivity index is 2.21. The fourth-order valence-electron chi connectivity index (χ4n) is 1.22. The molecule has 1 aromatic rings. The second-order valence-electron chi connectivity index (χ2n) is 3.98. The quantitative estimate of drug-likeness (QED) is 0.721. The van der Waals surface area contributed by atoms with Crippen LogP contribution in [0.5, 0.6) is 5.88 Å². The summed E-state index contributed by atoms with van der Waals surface area (Å²) in [5.74, 6) is 1.20. The highest BCUT2D eigenvalue weighted by Crippen LogP contribution is 2.12. The summed E-state index contributed by atoms with van der Waals surface area (Å²) in [6, 6.07) is 3.77. The van der Waals surface area contributed by atoms with E-state index in [-0.39, 0.29) is 0 Å². The number of methoxy groups -OCH3 is 1. The van der Waals surface area contributed by atoms with Gasteiger partial charge in [-0.3, -0.25) is 0 Å². The molecule has 4 nitrogen and oxygen atoms in total. The van der Waals surface area contributed by atoms with E-state index in [1.54, 1.807) is 13.3 Å². The predicted molar refractivity (Wildman–Crippen MR) is 64.9 cm³/mol. The average molecular weight is 224 g/mol. The van der Waals surface area contributed by atoms with Crippen molar-refractivity contribution >= 4 is 5.69 Å². The van der Waals surface area contributed by atoms with Gasteiger partial charge in [0.25, 0.3) is 0 Å². The number of nitrogens with one attached hydrogen (secondary N) is 1. The van der Waals surface area contributed by atoms with Crippen LogP contribution in [0, 0.1) is 5.92 Å². The summed E-state index contributed by atoms with van der Waals surface area (Å²) in [6.45, 7) is 6.59. The average Bonchev–Trinajstić information content (AvgIpc) is 2.28. The van der Waals surface area contributed by atoms with Crippen LogP contribution < -0.4 is 10.1 Å². The van der Waals surface area contributed by atoms with Crippen molar-refractivity contribution in [3.63, 3.8) is 0 Å². The minimum Gasteiger partial charge on any atom is -0.481 e. The third-order valence-corrected chi connectivity index (χ3v) is 1.97. The normalized spacial score (nSPS) is 10.5. The molecule has 0 fully saturated rings. The first-order valence-electron chi connectivity index (χ1n) is 5.54. The minimum atomic E-state index is 0.584. The van der Waals surface area contributed by atoms with Crippen LogP contribution >= 0.6 is 0 Å². The summed E-state index contributed by atoms with van der Waals surface area (Å²) in [4.78, 5) is 4.03. The van der Waals surface area contributed by atoms with Crippen LogP contribution in [0.25, 0.3) is 0 Å². The highest BCUT2D eigenvalue weighted by molar-refractivity contribution is 5.44. The highest BCUT2D eigenvalue weighted by atomic mass is 16.5. The first kappa shape index (κ1) is 12.8. The summed E-state index contributed by atoms with van der Waals surface area (Å²) in [6.07, 6.45) is 1.72. The van der Waals surface area contributed by atoms with E-state index in [1.165, 1.54) is 0 Å². The van der Waals surface area contributed by atoms with Crippen LogP contribution in [-0.2, 0) is 4.74 Å². The molecule has 1 heterocycles. The first-order chi connectivity index (χ1) is 7.72. The minimum absolute atomic E-state index is 0.584. The summed E-state index contributed by atoms with van der Waals surface area (Å²) >= 11 is 0. The summed E-state index contributed by atoms with van der Waals surface area (Å²) in [5, 5.41) is 3.25. The predicted octanol–water partition coefficient (Wildman–Crippen LogP) is 2.17. The van der Waals surface area contributed by atoms with Crippen molar-refractivity contribution in [2.45, 2.75) is 13.8 Å². The zero-order chi connectivity index (χ0) is 11.8. The Morgan fingerprint density at radius 3 is 2.94 bits per heavy atom. The van der Waals surface area contributed by atoms with Gasteiger partial charge >= 0.3 is 0 Å². The lowest BCUT2D eigenvalue weighted by atomic mass is 10.2. The summed E-state index contributed by atoms with van der Waals surface area (Å²) in [7, 11) is 1.61. The molecule has 0 saturated heterocycles. The Kier molecular flexibility index (Phi) is 5.64. The van der Waals surface area contributed by atoms with Crippen LogP contribution in [0.4, 0.5) is 5.69 Å². The molecule has 1 N–H and O–H groups in total. The largest absolute Gasteiger partial charge is 0.481 e. The molecule has 0 saturated carbocycles. The van der Waals surface area contributed by atoms with E-state index in [2.05, 4.69) is 24.1 Å². The van der Waals surface area contributed by atoms with Gasteiger partial charge in [-0.15, -0.1) is 0 Å². The van der Waals surface area contributed by atoms with Crippen LogP contribution in [0.2, 0.25) is 0 Å². The Hall–Kier alpha value is -1.29. The fraction of sp³-hybridized carbons (Fsp3) is 0.583. The molecule has 0 atom stereocenters. The van der Waals surface area contributed by atoms with Crippen molar-refractivity contribution in [3.8, 4) is 5.88 Å². The molecule has 0 spiro atoms. The van der Waals surface area contributed by atoms with Gasteiger partial charge in [0, 0.05) is 31.1 Å². The van der Waals surface area contributed by atoms with Crippen LogP contribution in [0.1, 0.15) is 13.8 Å². The highest BCUT2D eigenvalue weighted by Gasteiger charge is 1.96. The maximum atomic E-state index is 5.46. The van der Waals surface area contributed by atoms with Gasteiger partial charge in [0.1, 0.15) is 0 Å². The van der Waals surface area contributed by atoms with Gasteiger partial charge in [0.2, 0.25) is 5.88 Å². The number of ether oxygens (including phenoxy) is 2. The van der Waals surface area contributed by atoms with Crippen molar-refractivity contribution in [2.24, 2.45) is 5.92 Å². The second kappa shape index (κ2) is 7.06. The van der Waals surface area contributed by atoms with Crippen molar-refractivity contribution in [2.75, 3.05) is 32.2 Å². The van der Waals surface area contributed by atoms with E-state index in [0.29, 0.717) is 18.4 Å².